The minimum atomic E-state index is 0.367. The van der Waals surface area contributed by atoms with Crippen molar-refractivity contribution in [3.63, 3.8) is 0 Å². The van der Waals surface area contributed by atoms with Crippen molar-refractivity contribution in [1.29, 1.82) is 0 Å². The average Bonchev–Trinajstić information content (AvgIpc) is 2.86. The van der Waals surface area contributed by atoms with Crippen molar-refractivity contribution in [3.05, 3.63) is 63.9 Å². The first-order valence-corrected chi connectivity index (χ1v) is 7.92. The molecule has 5 heteroatoms. The molecule has 0 atom stereocenters. The summed E-state index contributed by atoms with van der Waals surface area (Å²) in [5.74, 6) is 1.21. The number of hydrogen-bond acceptors (Lipinski definition) is 1. The molecule has 108 valence electrons. The van der Waals surface area contributed by atoms with Crippen LogP contribution in [0.25, 0.3) is 11.0 Å². The summed E-state index contributed by atoms with van der Waals surface area (Å²) in [4.78, 5) is 4.54. The molecule has 0 bridgehead atoms. The molecule has 0 spiro atoms. The number of benzene rings is 2. The van der Waals surface area contributed by atoms with E-state index in [1.165, 1.54) is 5.56 Å². The molecule has 0 aliphatic carbocycles. The van der Waals surface area contributed by atoms with Crippen LogP contribution in [0.2, 0.25) is 10.0 Å². The summed E-state index contributed by atoms with van der Waals surface area (Å²) in [7, 11) is 0. The van der Waals surface area contributed by atoms with E-state index in [1.54, 1.807) is 0 Å². The molecule has 0 saturated carbocycles. The Hall–Kier alpha value is -1.22. The number of aryl methyl sites for hydroxylation is 2. The van der Waals surface area contributed by atoms with Gasteiger partial charge in [-0.05, 0) is 36.2 Å². The molecule has 0 aliphatic heterocycles. The predicted octanol–water partition coefficient (Wildman–Crippen LogP) is 5.32. The van der Waals surface area contributed by atoms with Gasteiger partial charge in [0.25, 0.3) is 0 Å². The van der Waals surface area contributed by atoms with E-state index < -0.39 is 0 Å². The van der Waals surface area contributed by atoms with Gasteiger partial charge in [0.05, 0.1) is 16.4 Å². The van der Waals surface area contributed by atoms with E-state index in [4.69, 9.17) is 34.8 Å². The van der Waals surface area contributed by atoms with Crippen LogP contribution in [0.3, 0.4) is 0 Å². The zero-order valence-corrected chi connectivity index (χ0v) is 13.5. The van der Waals surface area contributed by atoms with Crippen molar-refractivity contribution in [2.45, 2.75) is 18.8 Å². The van der Waals surface area contributed by atoms with E-state index in [2.05, 4.69) is 9.55 Å². The van der Waals surface area contributed by atoms with Gasteiger partial charge in [-0.15, -0.1) is 11.6 Å². The van der Waals surface area contributed by atoms with Crippen LogP contribution in [-0.4, -0.2) is 9.55 Å². The summed E-state index contributed by atoms with van der Waals surface area (Å²) in [6.07, 6.45) is 0.888. The van der Waals surface area contributed by atoms with Crippen LogP contribution in [0.15, 0.2) is 42.5 Å². The lowest BCUT2D eigenvalue weighted by atomic mass is 10.1. The number of imidazole rings is 1. The number of alkyl halides is 1. The maximum Gasteiger partial charge on any atom is 0.124 e. The second-order valence-electron chi connectivity index (χ2n) is 4.80. The minimum absolute atomic E-state index is 0.367. The molecule has 0 saturated heterocycles. The minimum Gasteiger partial charge on any atom is -0.327 e. The van der Waals surface area contributed by atoms with Crippen molar-refractivity contribution in [2.75, 3.05) is 0 Å². The smallest absolute Gasteiger partial charge is 0.124 e. The van der Waals surface area contributed by atoms with Crippen molar-refractivity contribution >= 4 is 45.8 Å². The number of aromatic nitrogens is 2. The molecule has 3 aromatic rings. The van der Waals surface area contributed by atoms with Crippen molar-refractivity contribution in [2.24, 2.45) is 0 Å². The lowest BCUT2D eigenvalue weighted by molar-refractivity contribution is 0.688. The number of hydrogen-bond donors (Lipinski definition) is 0. The third-order valence-electron chi connectivity index (χ3n) is 3.47. The predicted molar refractivity (Wildman–Crippen MR) is 89.5 cm³/mol. The van der Waals surface area contributed by atoms with E-state index >= 15 is 0 Å². The molecule has 0 fully saturated rings. The standard InChI is InChI=1S/C16H13Cl3N2/c17-10-15-20-16-13(19)2-1-3-14(16)21(15)9-8-11-4-6-12(18)7-5-11/h1-7H,8-10H2. The second kappa shape index (κ2) is 6.27. The van der Waals surface area contributed by atoms with Gasteiger partial charge < -0.3 is 4.57 Å². The zero-order chi connectivity index (χ0) is 14.8. The fourth-order valence-corrected chi connectivity index (χ4v) is 2.95. The van der Waals surface area contributed by atoms with Crippen LogP contribution in [-0.2, 0) is 18.8 Å². The first kappa shape index (κ1) is 14.7. The Morgan fingerprint density at radius 3 is 2.48 bits per heavy atom. The summed E-state index contributed by atoms with van der Waals surface area (Å²) in [6.45, 7) is 0.806. The van der Waals surface area contributed by atoms with Crippen LogP contribution < -0.4 is 0 Å². The molecular formula is C16H13Cl3N2. The van der Waals surface area contributed by atoms with Gasteiger partial charge in [-0.3, -0.25) is 0 Å². The van der Waals surface area contributed by atoms with Gasteiger partial charge in [-0.25, -0.2) is 4.98 Å². The number of halogens is 3. The topological polar surface area (TPSA) is 17.8 Å². The van der Waals surface area contributed by atoms with Crippen molar-refractivity contribution in [3.8, 4) is 0 Å². The van der Waals surface area contributed by atoms with Gasteiger partial charge in [-0.2, -0.15) is 0 Å². The Labute approximate surface area is 138 Å². The first-order chi connectivity index (χ1) is 10.2. The second-order valence-corrected chi connectivity index (χ2v) is 5.91. The molecule has 21 heavy (non-hydrogen) atoms. The highest BCUT2D eigenvalue weighted by Crippen LogP contribution is 2.25. The third-order valence-corrected chi connectivity index (χ3v) is 4.26. The van der Waals surface area contributed by atoms with Crippen LogP contribution in [0.4, 0.5) is 0 Å². The van der Waals surface area contributed by atoms with E-state index in [0.717, 1.165) is 34.8 Å². The van der Waals surface area contributed by atoms with E-state index in [1.807, 2.05) is 42.5 Å². The fraction of sp³-hybridized carbons (Fsp3) is 0.188. The van der Waals surface area contributed by atoms with E-state index in [-0.39, 0.29) is 0 Å². The third kappa shape index (κ3) is 3.03. The van der Waals surface area contributed by atoms with Crippen molar-refractivity contribution < 1.29 is 0 Å². The molecular weight excluding hydrogens is 327 g/mol. The number of fused-ring (bicyclic) bond motifs is 1. The van der Waals surface area contributed by atoms with Crippen molar-refractivity contribution in [1.82, 2.24) is 9.55 Å². The number of nitrogens with zero attached hydrogens (tertiary/aromatic N) is 2. The summed E-state index contributed by atoms with van der Waals surface area (Å²) in [5.41, 5.74) is 3.06. The Morgan fingerprint density at radius 2 is 1.76 bits per heavy atom. The number of rotatable bonds is 4. The van der Waals surface area contributed by atoms with Gasteiger partial charge >= 0.3 is 0 Å². The summed E-state index contributed by atoms with van der Waals surface area (Å²) < 4.78 is 2.13. The summed E-state index contributed by atoms with van der Waals surface area (Å²) >= 11 is 18.1. The monoisotopic (exact) mass is 338 g/mol. The lowest BCUT2D eigenvalue weighted by Crippen LogP contribution is -2.05. The van der Waals surface area contributed by atoms with Crippen LogP contribution >= 0.6 is 34.8 Å². The zero-order valence-electron chi connectivity index (χ0n) is 11.2. The van der Waals surface area contributed by atoms with Gasteiger partial charge in [0.1, 0.15) is 11.3 Å². The van der Waals surface area contributed by atoms with Gasteiger partial charge in [-0.1, -0.05) is 41.4 Å². The Morgan fingerprint density at radius 1 is 1.00 bits per heavy atom. The highest BCUT2D eigenvalue weighted by Gasteiger charge is 2.12. The summed E-state index contributed by atoms with van der Waals surface area (Å²) in [5, 5.41) is 1.41. The molecule has 0 radical (unpaired) electrons. The van der Waals surface area contributed by atoms with Gasteiger partial charge in [0.15, 0.2) is 0 Å². The summed E-state index contributed by atoms with van der Waals surface area (Å²) in [6, 6.07) is 13.7. The lowest BCUT2D eigenvalue weighted by Gasteiger charge is -2.08. The fourth-order valence-electron chi connectivity index (χ4n) is 2.40. The molecule has 2 aromatic carbocycles. The largest absolute Gasteiger partial charge is 0.327 e. The Balaban J connectivity index is 1.92. The maximum absolute atomic E-state index is 6.20. The molecule has 1 heterocycles. The number of para-hydroxylation sites is 1. The van der Waals surface area contributed by atoms with Gasteiger partial charge in [0, 0.05) is 11.6 Å². The van der Waals surface area contributed by atoms with Crippen LogP contribution in [0.1, 0.15) is 11.4 Å². The first-order valence-electron chi connectivity index (χ1n) is 6.63. The van der Waals surface area contributed by atoms with E-state index in [0.29, 0.717) is 10.9 Å². The van der Waals surface area contributed by atoms with Gasteiger partial charge in [0.2, 0.25) is 0 Å². The Kier molecular flexibility index (Phi) is 4.39. The Bertz CT molecular complexity index is 763. The molecule has 0 amide bonds. The normalized spacial score (nSPS) is 11.2. The van der Waals surface area contributed by atoms with Crippen LogP contribution in [0, 0.1) is 0 Å². The highest BCUT2D eigenvalue weighted by atomic mass is 35.5. The SMILES string of the molecule is ClCc1nc2c(Cl)cccc2n1CCc1ccc(Cl)cc1. The molecule has 0 N–H and O–H groups in total. The molecule has 1 aromatic heterocycles. The quantitative estimate of drug-likeness (QED) is 0.588. The maximum atomic E-state index is 6.20. The highest BCUT2D eigenvalue weighted by molar-refractivity contribution is 6.35. The molecule has 0 unspecified atom stereocenters. The molecule has 2 nitrogen and oxygen atoms in total. The van der Waals surface area contributed by atoms with Crippen LogP contribution in [0.5, 0.6) is 0 Å². The molecule has 0 aliphatic rings. The average molecular weight is 340 g/mol. The molecule has 3 rings (SSSR count). The van der Waals surface area contributed by atoms with E-state index in [9.17, 15) is 0 Å².